The Hall–Kier alpha value is -1.93. The molecule has 0 spiro atoms. The summed E-state index contributed by atoms with van der Waals surface area (Å²) in [6, 6.07) is 6.27. The van der Waals surface area contributed by atoms with Crippen molar-refractivity contribution >= 4 is 40.2 Å². The highest BCUT2D eigenvalue weighted by atomic mass is 35.5. The summed E-state index contributed by atoms with van der Waals surface area (Å²) in [6.45, 7) is 9.54. The zero-order valence-electron chi connectivity index (χ0n) is 20.0. The van der Waals surface area contributed by atoms with Gasteiger partial charge in [0.05, 0.1) is 24.5 Å². The second-order valence-corrected chi connectivity index (χ2v) is 10.6. The van der Waals surface area contributed by atoms with E-state index in [1.54, 1.807) is 6.07 Å². The van der Waals surface area contributed by atoms with Crippen molar-refractivity contribution in [2.45, 2.75) is 58.2 Å². The van der Waals surface area contributed by atoms with Crippen molar-refractivity contribution in [1.29, 1.82) is 0 Å². The molecule has 0 saturated carbocycles. The number of aromatic nitrogens is 4. The molecule has 0 bridgehead atoms. The number of rotatable bonds is 5. The quantitative estimate of drug-likeness (QED) is 0.544. The number of aliphatic hydroxyl groups excluding tert-OH is 1. The largest absolute Gasteiger partial charge is 0.395 e. The lowest BCUT2D eigenvalue weighted by Crippen LogP contribution is -2.52. The topological polar surface area (TPSA) is 70.3 Å². The third-order valence-electron chi connectivity index (χ3n) is 7.58. The number of fused-ring (bicyclic) bond motifs is 1. The van der Waals surface area contributed by atoms with Gasteiger partial charge in [0.2, 0.25) is 0 Å². The summed E-state index contributed by atoms with van der Waals surface area (Å²) in [6.07, 6.45) is 5.22. The van der Waals surface area contributed by atoms with E-state index in [0.29, 0.717) is 28.0 Å². The molecular formula is C25H32Cl2N6O. The van der Waals surface area contributed by atoms with Crippen molar-refractivity contribution < 1.29 is 5.11 Å². The standard InChI is InChI=1S/C25H32Cl2N6O/c1-15-13-31(10-8-22(15)32-9-4-5-19(32)14-34)23-12-28-24-16(2)30-33(25(24)29-23)17(3)20-7-6-18(26)11-21(20)27/h6-7,11-12,15,17,19,22,34H,4-5,8-10,13-14H2,1-3H3/t15-,17-,19+,22+/m1/s1. The zero-order chi connectivity index (χ0) is 24.0. The van der Waals surface area contributed by atoms with Crippen molar-refractivity contribution in [2.24, 2.45) is 5.92 Å². The second-order valence-electron chi connectivity index (χ2n) is 9.77. The number of aryl methyl sites for hydroxylation is 1. The average Bonchev–Trinajstić information content (AvgIpc) is 3.42. The molecule has 7 nitrogen and oxygen atoms in total. The molecule has 2 aliphatic heterocycles. The molecule has 1 aromatic carbocycles. The van der Waals surface area contributed by atoms with Gasteiger partial charge in [-0.1, -0.05) is 36.2 Å². The Balaban J connectivity index is 1.41. The highest BCUT2D eigenvalue weighted by Gasteiger charge is 2.36. The minimum Gasteiger partial charge on any atom is -0.395 e. The second kappa shape index (κ2) is 9.61. The summed E-state index contributed by atoms with van der Waals surface area (Å²) in [4.78, 5) is 14.7. The lowest BCUT2D eigenvalue weighted by molar-refractivity contribution is 0.0800. The Labute approximate surface area is 210 Å². The first-order valence-electron chi connectivity index (χ1n) is 12.2. The molecule has 0 aliphatic carbocycles. The number of likely N-dealkylation sites (tertiary alicyclic amines) is 1. The number of anilines is 1. The Bertz CT molecular complexity index is 1180. The van der Waals surface area contributed by atoms with E-state index in [9.17, 15) is 5.11 Å². The normalized spacial score (nSPS) is 24.8. The van der Waals surface area contributed by atoms with E-state index in [2.05, 4.69) is 23.6 Å². The van der Waals surface area contributed by atoms with Gasteiger partial charge in [0.15, 0.2) is 5.65 Å². The highest BCUT2D eigenvalue weighted by Crippen LogP contribution is 2.33. The molecule has 0 amide bonds. The molecule has 5 rings (SSSR count). The number of halogens is 2. The summed E-state index contributed by atoms with van der Waals surface area (Å²) < 4.78 is 1.92. The summed E-state index contributed by atoms with van der Waals surface area (Å²) in [5, 5.41) is 15.8. The van der Waals surface area contributed by atoms with E-state index in [1.165, 1.54) is 6.42 Å². The summed E-state index contributed by atoms with van der Waals surface area (Å²) >= 11 is 12.6. The van der Waals surface area contributed by atoms with Crippen LogP contribution in [0.5, 0.6) is 0 Å². The van der Waals surface area contributed by atoms with Crippen LogP contribution < -0.4 is 4.90 Å². The molecule has 0 unspecified atom stereocenters. The first kappa shape index (κ1) is 23.8. The molecule has 0 radical (unpaired) electrons. The molecule has 2 aromatic heterocycles. The van der Waals surface area contributed by atoms with Crippen LogP contribution in [0.25, 0.3) is 11.2 Å². The Kier molecular flexibility index (Phi) is 6.73. The van der Waals surface area contributed by atoms with E-state index in [0.717, 1.165) is 60.7 Å². The molecule has 182 valence electrons. The molecular weight excluding hydrogens is 471 g/mol. The zero-order valence-corrected chi connectivity index (χ0v) is 21.5. The molecule has 3 aromatic rings. The van der Waals surface area contributed by atoms with Crippen LogP contribution in [-0.4, -0.2) is 68.1 Å². The van der Waals surface area contributed by atoms with Crippen LogP contribution in [-0.2, 0) is 0 Å². The van der Waals surface area contributed by atoms with Crippen LogP contribution >= 0.6 is 23.2 Å². The number of piperidine rings is 1. The van der Waals surface area contributed by atoms with Crippen molar-refractivity contribution in [3.63, 3.8) is 0 Å². The minimum atomic E-state index is -0.110. The van der Waals surface area contributed by atoms with Gasteiger partial charge < -0.3 is 10.0 Å². The number of benzene rings is 1. The van der Waals surface area contributed by atoms with Gasteiger partial charge in [0.25, 0.3) is 0 Å². The predicted octanol–water partition coefficient (Wildman–Crippen LogP) is 4.72. The average molecular weight is 503 g/mol. The Morgan fingerprint density at radius 1 is 1.21 bits per heavy atom. The smallest absolute Gasteiger partial charge is 0.179 e. The van der Waals surface area contributed by atoms with Crippen LogP contribution in [0.15, 0.2) is 24.4 Å². The van der Waals surface area contributed by atoms with E-state index in [4.69, 9.17) is 38.3 Å². The molecule has 4 atom stereocenters. The van der Waals surface area contributed by atoms with Crippen LogP contribution in [0.4, 0.5) is 5.82 Å². The van der Waals surface area contributed by atoms with Crippen molar-refractivity contribution in [3.8, 4) is 0 Å². The van der Waals surface area contributed by atoms with Crippen LogP contribution in [0.2, 0.25) is 10.0 Å². The van der Waals surface area contributed by atoms with Gasteiger partial charge in [-0.05, 0) is 63.3 Å². The van der Waals surface area contributed by atoms with Crippen molar-refractivity contribution in [2.75, 3.05) is 31.1 Å². The minimum absolute atomic E-state index is 0.110. The summed E-state index contributed by atoms with van der Waals surface area (Å²) in [5.74, 6) is 1.37. The first-order chi connectivity index (χ1) is 16.4. The van der Waals surface area contributed by atoms with E-state index in [1.807, 2.05) is 29.9 Å². The predicted molar refractivity (Wildman–Crippen MR) is 137 cm³/mol. The maximum absolute atomic E-state index is 9.78. The molecule has 2 saturated heterocycles. The van der Waals surface area contributed by atoms with Gasteiger partial charge in [-0.2, -0.15) is 5.10 Å². The van der Waals surface area contributed by atoms with Crippen LogP contribution in [0.3, 0.4) is 0 Å². The van der Waals surface area contributed by atoms with Gasteiger partial charge >= 0.3 is 0 Å². The van der Waals surface area contributed by atoms with Crippen LogP contribution in [0.1, 0.15) is 50.4 Å². The fraction of sp³-hybridized carbons (Fsp3) is 0.560. The van der Waals surface area contributed by atoms with E-state index in [-0.39, 0.29) is 12.6 Å². The molecule has 34 heavy (non-hydrogen) atoms. The third kappa shape index (κ3) is 4.28. The lowest BCUT2D eigenvalue weighted by Gasteiger charge is -2.43. The third-order valence-corrected chi connectivity index (χ3v) is 8.14. The van der Waals surface area contributed by atoms with Crippen molar-refractivity contribution in [3.05, 3.63) is 45.7 Å². The van der Waals surface area contributed by atoms with Gasteiger partial charge in [-0.25, -0.2) is 14.6 Å². The lowest BCUT2D eigenvalue weighted by atomic mass is 9.92. The molecule has 2 aliphatic rings. The van der Waals surface area contributed by atoms with Crippen molar-refractivity contribution in [1.82, 2.24) is 24.6 Å². The maximum atomic E-state index is 9.78. The van der Waals surface area contributed by atoms with Gasteiger partial charge in [0, 0.05) is 35.2 Å². The molecule has 9 heteroatoms. The Morgan fingerprint density at radius 3 is 2.76 bits per heavy atom. The maximum Gasteiger partial charge on any atom is 0.179 e. The molecule has 2 fully saturated rings. The fourth-order valence-corrected chi connectivity index (χ4v) is 6.33. The van der Waals surface area contributed by atoms with Gasteiger partial charge in [0.1, 0.15) is 11.3 Å². The van der Waals surface area contributed by atoms with E-state index < -0.39 is 0 Å². The van der Waals surface area contributed by atoms with Crippen LogP contribution in [0, 0.1) is 12.8 Å². The molecule has 4 heterocycles. The molecule has 1 N–H and O–H groups in total. The van der Waals surface area contributed by atoms with Gasteiger partial charge in [-0.3, -0.25) is 4.90 Å². The Morgan fingerprint density at radius 2 is 2.03 bits per heavy atom. The number of hydrogen-bond donors (Lipinski definition) is 1. The summed E-state index contributed by atoms with van der Waals surface area (Å²) in [5.41, 5.74) is 3.37. The number of aliphatic hydroxyl groups is 1. The number of hydrogen-bond acceptors (Lipinski definition) is 6. The highest BCUT2D eigenvalue weighted by molar-refractivity contribution is 6.35. The fourth-order valence-electron chi connectivity index (χ4n) is 5.76. The number of nitrogens with zero attached hydrogens (tertiary/aromatic N) is 6. The monoisotopic (exact) mass is 502 g/mol. The first-order valence-corrected chi connectivity index (χ1v) is 12.9. The van der Waals surface area contributed by atoms with Gasteiger partial charge in [-0.15, -0.1) is 0 Å². The SMILES string of the molecule is Cc1nn([C@H](C)c2ccc(Cl)cc2Cl)c2nc(N3CC[C@H](N4CCC[C@H]4CO)[C@H](C)C3)cnc12. The summed E-state index contributed by atoms with van der Waals surface area (Å²) in [7, 11) is 0. The van der Waals surface area contributed by atoms with E-state index >= 15 is 0 Å².